The van der Waals surface area contributed by atoms with Gasteiger partial charge in [0.1, 0.15) is 0 Å². The Morgan fingerprint density at radius 2 is 1.89 bits per heavy atom. The number of hydrogen-bond acceptors (Lipinski definition) is 4. The molecule has 0 saturated heterocycles. The number of hydrogen-bond donors (Lipinski definition) is 0. The number of rotatable bonds is 4. The average molecular weight is 151 g/mol. The minimum absolute atomic E-state index is 0.370. The molecule has 0 bridgehead atoms. The first-order valence-corrected chi connectivity index (χ1v) is 4.77. The van der Waals surface area contributed by atoms with Gasteiger partial charge in [0.2, 0.25) is 0 Å². The summed E-state index contributed by atoms with van der Waals surface area (Å²) in [5.74, 6) is 0. The van der Waals surface area contributed by atoms with E-state index >= 15 is 0 Å². The zero-order chi connectivity index (χ0) is 7.33. The van der Waals surface area contributed by atoms with E-state index in [0.29, 0.717) is 12.3 Å². The molecule has 0 spiro atoms. The summed E-state index contributed by atoms with van der Waals surface area (Å²) < 4.78 is 15.2. The highest BCUT2D eigenvalue weighted by Crippen LogP contribution is 2.45. The maximum absolute atomic E-state index is 11.0. The van der Waals surface area contributed by atoms with Crippen LogP contribution in [0.4, 0.5) is 0 Å². The van der Waals surface area contributed by atoms with Crippen molar-refractivity contribution in [2.45, 2.75) is 13.8 Å². The van der Waals surface area contributed by atoms with Gasteiger partial charge in [-0.25, -0.2) is 0 Å². The molecule has 0 aromatic heterocycles. The Morgan fingerprint density at radius 1 is 1.44 bits per heavy atom. The Hall–Kier alpha value is -0.370. The minimum atomic E-state index is -2.66. The van der Waals surface area contributed by atoms with Crippen molar-refractivity contribution in [1.29, 1.82) is 0 Å². The van der Waals surface area contributed by atoms with Crippen molar-refractivity contribution in [3.8, 4) is 0 Å². The molecule has 0 aromatic rings. The van der Waals surface area contributed by atoms with Crippen LogP contribution in [0.2, 0.25) is 0 Å². The third-order valence-electron chi connectivity index (χ3n) is 1.15. The molecule has 0 fully saturated rings. The van der Waals surface area contributed by atoms with E-state index in [1.807, 2.05) is 0 Å². The molecule has 0 aliphatic rings. The lowest BCUT2D eigenvalue weighted by Crippen LogP contribution is -1.89. The van der Waals surface area contributed by atoms with Crippen molar-refractivity contribution in [2.75, 3.05) is 12.3 Å². The SMILES string of the molecule is CCP(=O)(CC)ON=O. The molecule has 0 unspecified atom stereocenters. The molecule has 4 nitrogen and oxygen atoms in total. The monoisotopic (exact) mass is 151 g/mol. The fourth-order valence-electron chi connectivity index (χ4n) is 0.400. The van der Waals surface area contributed by atoms with Crippen LogP contribution in [0, 0.1) is 4.91 Å². The van der Waals surface area contributed by atoms with Gasteiger partial charge in [-0.05, 0) is 0 Å². The first kappa shape index (κ1) is 8.63. The van der Waals surface area contributed by atoms with Crippen LogP contribution in [0.15, 0.2) is 5.34 Å². The van der Waals surface area contributed by atoms with E-state index in [1.165, 1.54) is 0 Å². The van der Waals surface area contributed by atoms with Crippen molar-refractivity contribution in [1.82, 2.24) is 0 Å². The van der Waals surface area contributed by atoms with E-state index < -0.39 is 7.37 Å². The quantitative estimate of drug-likeness (QED) is 0.350. The molecule has 0 N–H and O–H groups in total. The van der Waals surface area contributed by atoms with Crippen LogP contribution >= 0.6 is 7.37 Å². The fraction of sp³-hybridized carbons (Fsp3) is 1.00. The van der Waals surface area contributed by atoms with Gasteiger partial charge >= 0.3 is 0 Å². The topological polar surface area (TPSA) is 55.7 Å². The van der Waals surface area contributed by atoms with Crippen molar-refractivity contribution in [3.63, 3.8) is 0 Å². The summed E-state index contributed by atoms with van der Waals surface area (Å²) >= 11 is 0. The Labute approximate surface area is 54.0 Å². The average Bonchev–Trinajstić information content (AvgIpc) is 1.89. The molecule has 5 heteroatoms. The molecular formula is C4H10NO3P. The molecular weight excluding hydrogens is 141 g/mol. The second-order valence-electron chi connectivity index (χ2n) is 1.60. The lowest BCUT2D eigenvalue weighted by atomic mass is 11.0. The van der Waals surface area contributed by atoms with Gasteiger partial charge in [-0.2, -0.15) is 0 Å². The minimum Gasteiger partial charge on any atom is -0.307 e. The van der Waals surface area contributed by atoms with Crippen molar-refractivity contribution < 1.29 is 9.19 Å². The molecule has 0 heterocycles. The smallest absolute Gasteiger partial charge is 0.277 e. The van der Waals surface area contributed by atoms with Crippen LogP contribution in [-0.4, -0.2) is 12.3 Å². The van der Waals surface area contributed by atoms with Crippen LogP contribution in [0.3, 0.4) is 0 Å². The molecule has 0 radical (unpaired) electrons. The van der Waals surface area contributed by atoms with Crippen LogP contribution in [-0.2, 0) is 9.19 Å². The van der Waals surface area contributed by atoms with Crippen LogP contribution < -0.4 is 0 Å². The maximum atomic E-state index is 11.0. The molecule has 0 rings (SSSR count). The number of nitrogens with zero attached hydrogens (tertiary/aromatic N) is 1. The van der Waals surface area contributed by atoms with Gasteiger partial charge < -0.3 is 4.62 Å². The van der Waals surface area contributed by atoms with Gasteiger partial charge in [0.25, 0.3) is 7.37 Å². The van der Waals surface area contributed by atoms with Gasteiger partial charge in [-0.3, -0.25) is 4.57 Å². The van der Waals surface area contributed by atoms with E-state index in [9.17, 15) is 9.47 Å². The van der Waals surface area contributed by atoms with Crippen molar-refractivity contribution in [3.05, 3.63) is 4.91 Å². The third kappa shape index (κ3) is 2.61. The summed E-state index contributed by atoms with van der Waals surface area (Å²) in [6, 6.07) is 0. The molecule has 9 heavy (non-hydrogen) atoms. The normalized spacial score (nSPS) is 10.9. The van der Waals surface area contributed by atoms with Crippen LogP contribution in [0.1, 0.15) is 13.8 Å². The first-order chi connectivity index (χ1) is 4.18. The van der Waals surface area contributed by atoms with Crippen LogP contribution in [0.5, 0.6) is 0 Å². The van der Waals surface area contributed by atoms with Gasteiger partial charge in [0, 0.05) is 12.3 Å². The summed E-state index contributed by atoms with van der Waals surface area (Å²) in [5.41, 5.74) is 0. The van der Waals surface area contributed by atoms with Gasteiger partial charge in [0.05, 0.1) is 0 Å². The third-order valence-corrected chi connectivity index (χ3v) is 3.44. The molecule has 54 valence electrons. The fourth-order valence-corrected chi connectivity index (χ4v) is 1.20. The van der Waals surface area contributed by atoms with E-state index in [2.05, 4.69) is 9.96 Å². The molecule has 0 aliphatic carbocycles. The zero-order valence-electron chi connectivity index (χ0n) is 5.53. The van der Waals surface area contributed by atoms with Crippen molar-refractivity contribution in [2.24, 2.45) is 5.34 Å². The second-order valence-corrected chi connectivity index (χ2v) is 4.66. The van der Waals surface area contributed by atoms with Crippen LogP contribution in [0.25, 0.3) is 0 Å². The predicted molar refractivity (Wildman–Crippen MR) is 35.6 cm³/mol. The Balaban J connectivity index is 3.93. The highest BCUT2D eigenvalue weighted by molar-refractivity contribution is 7.58. The Morgan fingerprint density at radius 3 is 2.00 bits per heavy atom. The molecule has 0 aliphatic heterocycles. The lowest BCUT2D eigenvalue weighted by molar-refractivity contribution is 0.330. The Kier molecular flexibility index (Phi) is 3.47. The molecule has 0 atom stereocenters. The van der Waals surface area contributed by atoms with E-state index in [-0.39, 0.29) is 0 Å². The lowest BCUT2D eigenvalue weighted by Gasteiger charge is -2.06. The summed E-state index contributed by atoms with van der Waals surface area (Å²) in [6.07, 6.45) is 0.741. The van der Waals surface area contributed by atoms with E-state index in [1.54, 1.807) is 13.8 Å². The van der Waals surface area contributed by atoms with Gasteiger partial charge in [-0.15, -0.1) is 4.91 Å². The molecule has 0 saturated carbocycles. The second kappa shape index (κ2) is 3.62. The molecule has 0 aromatic carbocycles. The van der Waals surface area contributed by atoms with Gasteiger partial charge in [0.15, 0.2) is 5.34 Å². The summed E-state index contributed by atoms with van der Waals surface area (Å²) in [7, 11) is -2.66. The summed E-state index contributed by atoms with van der Waals surface area (Å²) in [5, 5.41) is 2.14. The molecule has 0 amide bonds. The summed E-state index contributed by atoms with van der Waals surface area (Å²) in [4.78, 5) is 9.49. The largest absolute Gasteiger partial charge is 0.307 e. The van der Waals surface area contributed by atoms with Crippen molar-refractivity contribution >= 4 is 7.37 Å². The summed E-state index contributed by atoms with van der Waals surface area (Å²) in [6.45, 7) is 3.41. The maximum Gasteiger partial charge on any atom is 0.277 e. The van der Waals surface area contributed by atoms with E-state index in [4.69, 9.17) is 0 Å². The first-order valence-electron chi connectivity index (χ1n) is 2.78. The predicted octanol–water partition coefficient (Wildman–Crippen LogP) is 2.00. The highest BCUT2D eigenvalue weighted by atomic mass is 31.2. The highest BCUT2D eigenvalue weighted by Gasteiger charge is 2.18. The Bertz CT molecular complexity index is 128. The van der Waals surface area contributed by atoms with Gasteiger partial charge in [-0.1, -0.05) is 13.8 Å². The standard InChI is InChI=1S/C4H10NO3P/c1-3-9(7,4-2)8-5-6/h3-4H2,1-2H3. The van der Waals surface area contributed by atoms with E-state index in [0.717, 1.165) is 0 Å². The zero-order valence-corrected chi connectivity index (χ0v) is 6.43.